The second kappa shape index (κ2) is 6.95. The summed E-state index contributed by atoms with van der Waals surface area (Å²) in [4.78, 5) is 23.0. The number of aromatic amines is 1. The van der Waals surface area contributed by atoms with E-state index in [-0.39, 0.29) is 11.4 Å². The molecule has 4 nitrogen and oxygen atoms in total. The number of H-pyrrole nitrogens is 1. The fourth-order valence-corrected chi connectivity index (χ4v) is 4.11. The van der Waals surface area contributed by atoms with Gasteiger partial charge in [0.25, 0.3) is 5.56 Å². The molecule has 3 heterocycles. The van der Waals surface area contributed by atoms with Crippen molar-refractivity contribution in [2.75, 3.05) is 6.54 Å². The summed E-state index contributed by atoms with van der Waals surface area (Å²) < 4.78 is 14.2. The van der Waals surface area contributed by atoms with Crippen LogP contribution in [0.5, 0.6) is 0 Å². The highest BCUT2D eigenvalue weighted by Crippen LogP contribution is 2.27. The quantitative estimate of drug-likeness (QED) is 0.731. The molecule has 0 spiro atoms. The van der Waals surface area contributed by atoms with Crippen molar-refractivity contribution in [3.63, 3.8) is 0 Å². The van der Waals surface area contributed by atoms with Crippen LogP contribution in [-0.2, 0) is 19.5 Å². The third-order valence-electron chi connectivity index (χ3n) is 4.66. The van der Waals surface area contributed by atoms with Gasteiger partial charge in [0, 0.05) is 31.6 Å². The number of thiophene rings is 1. The van der Waals surface area contributed by atoms with Crippen molar-refractivity contribution >= 4 is 22.9 Å². The molecule has 0 saturated heterocycles. The van der Waals surface area contributed by atoms with Gasteiger partial charge in [-0.05, 0) is 30.0 Å². The van der Waals surface area contributed by atoms with Crippen LogP contribution in [0.2, 0.25) is 5.02 Å². The Hall–Kier alpha value is -2.02. The van der Waals surface area contributed by atoms with Crippen LogP contribution in [0.15, 0.2) is 34.4 Å². The second-order valence-electron chi connectivity index (χ2n) is 6.43. The Balaban J connectivity index is 1.61. The molecule has 4 rings (SSSR count). The van der Waals surface area contributed by atoms with Gasteiger partial charge in [0.15, 0.2) is 5.82 Å². The summed E-state index contributed by atoms with van der Waals surface area (Å²) in [5, 5.41) is 2.41. The van der Waals surface area contributed by atoms with Crippen molar-refractivity contribution in [3.05, 3.63) is 73.2 Å². The van der Waals surface area contributed by atoms with Crippen LogP contribution < -0.4 is 5.56 Å². The third-order valence-corrected chi connectivity index (χ3v) is 6.07. The molecule has 0 unspecified atom stereocenters. The minimum absolute atomic E-state index is 0.126. The highest BCUT2D eigenvalue weighted by Gasteiger charge is 2.23. The van der Waals surface area contributed by atoms with Gasteiger partial charge in [-0.3, -0.25) is 9.69 Å². The fraction of sp³-hybridized carbons (Fsp3) is 0.263. The average molecular weight is 390 g/mol. The third kappa shape index (κ3) is 3.20. The molecule has 0 fully saturated rings. The summed E-state index contributed by atoms with van der Waals surface area (Å²) in [6.07, 6.45) is 0.655. The zero-order valence-electron chi connectivity index (χ0n) is 14.2. The number of rotatable bonds is 3. The maximum Gasteiger partial charge on any atom is 0.255 e. The van der Waals surface area contributed by atoms with Crippen molar-refractivity contribution in [3.8, 4) is 10.7 Å². The number of hydrogen-bond donors (Lipinski definition) is 1. The Morgan fingerprint density at radius 2 is 2.23 bits per heavy atom. The maximum atomic E-state index is 14.2. The molecule has 1 aliphatic heterocycles. The molecule has 1 N–H and O–H groups in total. The Kier molecular flexibility index (Phi) is 4.65. The normalized spacial score (nSPS) is 14.4. The van der Waals surface area contributed by atoms with E-state index in [1.807, 2.05) is 29.3 Å². The first-order valence-electron chi connectivity index (χ1n) is 8.34. The molecule has 134 valence electrons. The van der Waals surface area contributed by atoms with E-state index < -0.39 is 0 Å². The highest BCUT2D eigenvalue weighted by atomic mass is 35.5. The topological polar surface area (TPSA) is 49.0 Å². The van der Waals surface area contributed by atoms with Gasteiger partial charge < -0.3 is 4.98 Å². The molecule has 1 aromatic carbocycles. The van der Waals surface area contributed by atoms with Gasteiger partial charge >= 0.3 is 0 Å². The van der Waals surface area contributed by atoms with Crippen LogP contribution in [0, 0.1) is 12.7 Å². The molecular formula is C19H17ClFN3OS. The summed E-state index contributed by atoms with van der Waals surface area (Å²) in [5.41, 5.74) is 2.68. The van der Waals surface area contributed by atoms with Gasteiger partial charge in [0.2, 0.25) is 0 Å². The number of fused-ring (bicyclic) bond motifs is 1. The lowest BCUT2D eigenvalue weighted by atomic mass is 10.0. The van der Waals surface area contributed by atoms with Crippen LogP contribution in [0.25, 0.3) is 10.7 Å². The summed E-state index contributed by atoms with van der Waals surface area (Å²) in [6, 6.07) is 6.98. The van der Waals surface area contributed by atoms with E-state index >= 15 is 0 Å². The Labute approximate surface area is 159 Å². The van der Waals surface area contributed by atoms with Crippen molar-refractivity contribution in [2.45, 2.75) is 26.4 Å². The second-order valence-corrected chi connectivity index (χ2v) is 7.76. The Morgan fingerprint density at radius 3 is 3.00 bits per heavy atom. The number of aromatic nitrogens is 2. The smallest absolute Gasteiger partial charge is 0.255 e. The summed E-state index contributed by atoms with van der Waals surface area (Å²) >= 11 is 7.82. The van der Waals surface area contributed by atoms with Gasteiger partial charge in [-0.2, -0.15) is 0 Å². The summed E-state index contributed by atoms with van der Waals surface area (Å²) in [6.45, 7) is 3.37. The first-order valence-corrected chi connectivity index (χ1v) is 9.60. The first-order chi connectivity index (χ1) is 12.5. The van der Waals surface area contributed by atoms with E-state index in [0.717, 1.165) is 16.1 Å². The molecule has 1 aliphatic rings. The molecule has 3 aromatic rings. The number of halogens is 2. The summed E-state index contributed by atoms with van der Waals surface area (Å²) in [7, 11) is 0. The minimum Gasteiger partial charge on any atom is -0.306 e. The molecule has 7 heteroatoms. The molecule has 0 saturated carbocycles. The molecule has 2 aromatic heterocycles. The van der Waals surface area contributed by atoms with Crippen LogP contribution in [0.1, 0.15) is 22.4 Å². The van der Waals surface area contributed by atoms with Crippen molar-refractivity contribution in [1.29, 1.82) is 0 Å². The van der Waals surface area contributed by atoms with E-state index in [1.165, 1.54) is 6.07 Å². The SMILES string of the molecule is Cc1ccc(F)c(CN2CCc3nc(-c4cccs4)[nH]c(=O)c3C2)c1Cl. The number of aryl methyl sites for hydroxylation is 1. The minimum atomic E-state index is -0.313. The lowest BCUT2D eigenvalue weighted by molar-refractivity contribution is 0.238. The van der Waals surface area contributed by atoms with Gasteiger partial charge in [-0.25, -0.2) is 9.37 Å². The summed E-state index contributed by atoms with van der Waals surface area (Å²) in [5.74, 6) is 0.302. The molecule has 0 aliphatic carbocycles. The predicted octanol–water partition coefficient (Wildman–Crippen LogP) is 4.16. The van der Waals surface area contributed by atoms with Gasteiger partial charge in [-0.15, -0.1) is 11.3 Å². The molecule has 0 radical (unpaired) electrons. The van der Waals surface area contributed by atoms with Crippen LogP contribution in [0.4, 0.5) is 4.39 Å². The predicted molar refractivity (Wildman–Crippen MR) is 102 cm³/mol. The maximum absolute atomic E-state index is 14.2. The number of nitrogens with one attached hydrogen (secondary N) is 1. The Morgan fingerprint density at radius 1 is 1.38 bits per heavy atom. The number of nitrogens with zero attached hydrogens (tertiary/aromatic N) is 2. The van der Waals surface area contributed by atoms with E-state index in [1.54, 1.807) is 17.4 Å². The largest absolute Gasteiger partial charge is 0.306 e. The van der Waals surface area contributed by atoms with Gasteiger partial charge in [0.1, 0.15) is 5.82 Å². The van der Waals surface area contributed by atoms with Crippen LogP contribution in [-0.4, -0.2) is 21.4 Å². The van der Waals surface area contributed by atoms with E-state index in [4.69, 9.17) is 11.6 Å². The lowest BCUT2D eigenvalue weighted by Crippen LogP contribution is -2.35. The monoisotopic (exact) mass is 389 g/mol. The van der Waals surface area contributed by atoms with Crippen molar-refractivity contribution in [2.24, 2.45) is 0 Å². The molecule has 0 bridgehead atoms. The van der Waals surface area contributed by atoms with Gasteiger partial charge in [-0.1, -0.05) is 23.7 Å². The average Bonchev–Trinajstić information content (AvgIpc) is 3.17. The lowest BCUT2D eigenvalue weighted by Gasteiger charge is -2.28. The zero-order chi connectivity index (χ0) is 18.3. The zero-order valence-corrected chi connectivity index (χ0v) is 15.8. The standard InChI is InChI=1S/C19H17ClFN3OS/c1-11-4-5-14(21)12(17(11)20)9-24-7-6-15-13(10-24)19(25)23-18(22-15)16-3-2-8-26-16/h2-5,8H,6-7,9-10H2,1H3,(H,22,23,25). The van der Waals surface area contributed by atoms with E-state index in [9.17, 15) is 9.18 Å². The van der Waals surface area contributed by atoms with E-state index in [2.05, 4.69) is 9.97 Å². The number of benzene rings is 1. The van der Waals surface area contributed by atoms with E-state index in [0.29, 0.717) is 48.0 Å². The van der Waals surface area contributed by atoms with Crippen LogP contribution in [0.3, 0.4) is 0 Å². The molecule has 0 atom stereocenters. The first kappa shape index (κ1) is 17.4. The fourth-order valence-electron chi connectivity index (χ4n) is 3.23. The van der Waals surface area contributed by atoms with Crippen molar-refractivity contribution < 1.29 is 4.39 Å². The Bertz CT molecular complexity index is 1020. The highest BCUT2D eigenvalue weighted by molar-refractivity contribution is 7.13. The van der Waals surface area contributed by atoms with Crippen molar-refractivity contribution in [1.82, 2.24) is 14.9 Å². The molecular weight excluding hydrogens is 373 g/mol. The molecule has 0 amide bonds. The van der Waals surface area contributed by atoms with Gasteiger partial charge in [0.05, 0.1) is 21.2 Å². The number of hydrogen-bond acceptors (Lipinski definition) is 4. The molecule has 26 heavy (non-hydrogen) atoms. The van der Waals surface area contributed by atoms with Crippen LogP contribution >= 0.6 is 22.9 Å².